The van der Waals surface area contributed by atoms with Crippen molar-refractivity contribution < 1.29 is 4.74 Å². The maximum atomic E-state index is 5.69. The average Bonchev–Trinajstić information content (AvgIpc) is 2.42. The van der Waals surface area contributed by atoms with E-state index < -0.39 is 0 Å². The average molecular weight is 322 g/mol. The highest BCUT2D eigenvalue weighted by atomic mass is 79.9. The Kier molecular flexibility index (Phi) is 4.87. The molecule has 100 valence electrons. The first-order chi connectivity index (χ1) is 9.22. The minimum absolute atomic E-state index is 0.279. The predicted molar refractivity (Wildman–Crippen MR) is 78.3 cm³/mol. The topological polar surface area (TPSA) is 47.0 Å². The Balaban J connectivity index is 2.10. The Morgan fingerprint density at radius 1 is 1.26 bits per heavy atom. The summed E-state index contributed by atoms with van der Waals surface area (Å²) in [5.41, 5.74) is 1.02. The molecule has 0 fully saturated rings. The lowest BCUT2D eigenvalue weighted by Gasteiger charge is -2.13. The molecule has 0 radical (unpaired) electrons. The van der Waals surface area contributed by atoms with Gasteiger partial charge in [-0.2, -0.15) is 0 Å². The molecule has 19 heavy (non-hydrogen) atoms. The number of pyridine rings is 2. The van der Waals surface area contributed by atoms with Crippen LogP contribution in [0.2, 0.25) is 0 Å². The summed E-state index contributed by atoms with van der Waals surface area (Å²) in [6.07, 6.45) is 6.11. The third-order valence-electron chi connectivity index (χ3n) is 2.79. The van der Waals surface area contributed by atoms with E-state index in [2.05, 4.69) is 38.1 Å². The fourth-order valence-corrected chi connectivity index (χ4v) is 2.15. The zero-order valence-electron chi connectivity index (χ0n) is 10.9. The number of aromatic nitrogens is 2. The molecule has 2 heterocycles. The third-order valence-corrected chi connectivity index (χ3v) is 3.22. The normalized spacial score (nSPS) is 12.2. The van der Waals surface area contributed by atoms with Crippen LogP contribution in [0.25, 0.3) is 0 Å². The lowest BCUT2D eigenvalue weighted by molar-refractivity contribution is 0.475. The van der Waals surface area contributed by atoms with Gasteiger partial charge in [0.05, 0.1) is 18.1 Å². The summed E-state index contributed by atoms with van der Waals surface area (Å²) in [6.45, 7) is 2.13. The third kappa shape index (κ3) is 3.75. The number of nitrogens with zero attached hydrogens (tertiary/aromatic N) is 2. The van der Waals surface area contributed by atoms with Crippen molar-refractivity contribution in [1.82, 2.24) is 15.3 Å². The number of hydrogen-bond acceptors (Lipinski definition) is 4. The van der Waals surface area contributed by atoms with E-state index in [1.54, 1.807) is 18.6 Å². The molecular formula is C14H16BrN3O. The van der Waals surface area contributed by atoms with E-state index in [-0.39, 0.29) is 6.04 Å². The highest BCUT2D eigenvalue weighted by Crippen LogP contribution is 2.23. The summed E-state index contributed by atoms with van der Waals surface area (Å²) in [4.78, 5) is 8.47. The lowest BCUT2D eigenvalue weighted by atomic mass is 10.1. The molecule has 1 unspecified atom stereocenters. The van der Waals surface area contributed by atoms with Crippen molar-refractivity contribution in [2.45, 2.75) is 19.4 Å². The van der Waals surface area contributed by atoms with Gasteiger partial charge in [0.1, 0.15) is 11.5 Å². The SMILES string of the molecule is CCC(NC)c1ccc(Oc2cncc(Br)c2)cn1. The quantitative estimate of drug-likeness (QED) is 0.912. The van der Waals surface area contributed by atoms with Crippen LogP contribution in [0.5, 0.6) is 11.5 Å². The fraction of sp³-hybridized carbons (Fsp3) is 0.286. The summed E-state index contributed by atoms with van der Waals surface area (Å²) in [7, 11) is 1.94. The number of nitrogens with one attached hydrogen (secondary N) is 1. The number of hydrogen-bond donors (Lipinski definition) is 1. The Morgan fingerprint density at radius 3 is 2.68 bits per heavy atom. The summed E-state index contributed by atoms with van der Waals surface area (Å²) in [6, 6.07) is 6.04. The van der Waals surface area contributed by atoms with Crippen LogP contribution in [0.3, 0.4) is 0 Å². The van der Waals surface area contributed by atoms with Gasteiger partial charge in [-0.05, 0) is 47.6 Å². The zero-order chi connectivity index (χ0) is 13.7. The van der Waals surface area contributed by atoms with Gasteiger partial charge >= 0.3 is 0 Å². The number of halogens is 1. The molecule has 2 aromatic rings. The molecule has 0 bridgehead atoms. The van der Waals surface area contributed by atoms with Gasteiger partial charge in [0.25, 0.3) is 0 Å². The van der Waals surface area contributed by atoms with Crippen molar-refractivity contribution in [3.8, 4) is 11.5 Å². The van der Waals surface area contributed by atoms with Crippen molar-refractivity contribution in [3.63, 3.8) is 0 Å². The molecule has 1 atom stereocenters. The van der Waals surface area contributed by atoms with Crippen LogP contribution in [0.15, 0.2) is 41.3 Å². The second kappa shape index (κ2) is 6.63. The Bertz CT molecular complexity index is 526. The van der Waals surface area contributed by atoms with Gasteiger partial charge in [0.15, 0.2) is 0 Å². The summed E-state index contributed by atoms with van der Waals surface area (Å²) < 4.78 is 6.57. The lowest BCUT2D eigenvalue weighted by Crippen LogP contribution is -2.16. The van der Waals surface area contributed by atoms with Gasteiger partial charge < -0.3 is 10.1 Å². The number of ether oxygens (including phenoxy) is 1. The predicted octanol–water partition coefficient (Wildman–Crippen LogP) is 3.70. The molecule has 0 aliphatic heterocycles. The first-order valence-corrected chi connectivity index (χ1v) is 6.94. The number of rotatable bonds is 5. The van der Waals surface area contributed by atoms with E-state index in [9.17, 15) is 0 Å². The van der Waals surface area contributed by atoms with Crippen LogP contribution in [-0.4, -0.2) is 17.0 Å². The highest BCUT2D eigenvalue weighted by Gasteiger charge is 2.08. The maximum absolute atomic E-state index is 5.69. The van der Waals surface area contributed by atoms with Crippen LogP contribution in [0.4, 0.5) is 0 Å². The van der Waals surface area contributed by atoms with Crippen molar-refractivity contribution in [1.29, 1.82) is 0 Å². The molecule has 0 aliphatic carbocycles. The van der Waals surface area contributed by atoms with Crippen LogP contribution >= 0.6 is 15.9 Å². The van der Waals surface area contributed by atoms with E-state index in [4.69, 9.17) is 4.74 Å². The van der Waals surface area contributed by atoms with Crippen molar-refractivity contribution in [3.05, 3.63) is 47.0 Å². The van der Waals surface area contributed by atoms with E-state index in [1.165, 1.54) is 0 Å². The van der Waals surface area contributed by atoms with E-state index >= 15 is 0 Å². The Morgan fingerprint density at radius 2 is 2.11 bits per heavy atom. The first kappa shape index (κ1) is 14.0. The smallest absolute Gasteiger partial charge is 0.146 e. The van der Waals surface area contributed by atoms with Gasteiger partial charge in [-0.1, -0.05) is 6.92 Å². The molecular weight excluding hydrogens is 306 g/mol. The van der Waals surface area contributed by atoms with Crippen LogP contribution < -0.4 is 10.1 Å². The molecule has 4 nitrogen and oxygen atoms in total. The maximum Gasteiger partial charge on any atom is 0.146 e. The van der Waals surface area contributed by atoms with Gasteiger partial charge in [0.2, 0.25) is 0 Å². The van der Waals surface area contributed by atoms with Crippen LogP contribution in [0.1, 0.15) is 25.1 Å². The molecule has 2 rings (SSSR count). The fourth-order valence-electron chi connectivity index (χ4n) is 1.80. The van der Waals surface area contributed by atoms with Gasteiger partial charge in [-0.15, -0.1) is 0 Å². The summed E-state index contributed by atoms with van der Waals surface area (Å²) in [5.74, 6) is 1.39. The molecule has 0 aliphatic rings. The Labute approximate surface area is 121 Å². The summed E-state index contributed by atoms with van der Waals surface area (Å²) in [5, 5.41) is 3.23. The second-order valence-corrected chi connectivity index (χ2v) is 5.02. The zero-order valence-corrected chi connectivity index (χ0v) is 12.5. The molecule has 5 heteroatoms. The second-order valence-electron chi connectivity index (χ2n) is 4.11. The minimum Gasteiger partial charge on any atom is -0.454 e. The van der Waals surface area contributed by atoms with Crippen molar-refractivity contribution in [2.75, 3.05) is 7.05 Å². The van der Waals surface area contributed by atoms with Gasteiger partial charge in [-0.3, -0.25) is 9.97 Å². The van der Waals surface area contributed by atoms with E-state index in [0.29, 0.717) is 11.5 Å². The first-order valence-electron chi connectivity index (χ1n) is 6.14. The monoisotopic (exact) mass is 321 g/mol. The molecule has 1 N–H and O–H groups in total. The van der Waals surface area contributed by atoms with Gasteiger partial charge in [-0.25, -0.2) is 0 Å². The summed E-state index contributed by atoms with van der Waals surface area (Å²) >= 11 is 3.36. The molecule has 0 saturated heterocycles. The molecule has 2 aromatic heterocycles. The van der Waals surface area contributed by atoms with E-state index in [1.807, 2.05) is 25.2 Å². The van der Waals surface area contributed by atoms with Crippen LogP contribution in [0, 0.1) is 0 Å². The largest absolute Gasteiger partial charge is 0.454 e. The molecule has 0 amide bonds. The van der Waals surface area contributed by atoms with E-state index in [0.717, 1.165) is 16.6 Å². The van der Waals surface area contributed by atoms with Crippen molar-refractivity contribution in [2.24, 2.45) is 0 Å². The molecule has 0 spiro atoms. The highest BCUT2D eigenvalue weighted by molar-refractivity contribution is 9.10. The van der Waals surface area contributed by atoms with Crippen molar-refractivity contribution >= 4 is 15.9 Å². The minimum atomic E-state index is 0.279. The Hall–Kier alpha value is -1.46. The standard InChI is InChI=1S/C14H16BrN3O/c1-3-13(16-2)14-5-4-11(9-18-14)19-12-6-10(15)7-17-8-12/h4-9,13,16H,3H2,1-2H3. The van der Waals surface area contributed by atoms with Crippen LogP contribution in [-0.2, 0) is 0 Å². The molecule has 0 saturated carbocycles. The van der Waals surface area contributed by atoms with Gasteiger partial charge in [0, 0.05) is 16.7 Å². The molecule has 0 aromatic carbocycles.